The molecule has 0 bridgehead atoms. The SMILES string of the molecule is C[C@@H](Nc1nc(NCc2ccc(F)cc2F)nc2ccccc12)C1CC1. The van der Waals surface area contributed by atoms with Gasteiger partial charge in [0.15, 0.2) is 0 Å². The molecule has 3 aromatic rings. The molecule has 1 aromatic heterocycles. The number of nitrogens with one attached hydrogen (secondary N) is 2. The summed E-state index contributed by atoms with van der Waals surface area (Å²) in [5.41, 5.74) is 1.18. The molecule has 0 spiro atoms. The van der Waals surface area contributed by atoms with Gasteiger partial charge in [-0.25, -0.2) is 13.8 Å². The molecule has 1 atom stereocenters. The summed E-state index contributed by atoms with van der Waals surface area (Å²) < 4.78 is 26.9. The third-order valence-corrected chi connectivity index (χ3v) is 4.75. The Bertz CT molecular complexity index is 940. The first-order chi connectivity index (χ1) is 12.6. The molecule has 0 unspecified atom stereocenters. The van der Waals surface area contributed by atoms with E-state index in [0.29, 0.717) is 23.5 Å². The van der Waals surface area contributed by atoms with Crippen LogP contribution in [0.1, 0.15) is 25.3 Å². The van der Waals surface area contributed by atoms with Gasteiger partial charge in [0.2, 0.25) is 5.95 Å². The summed E-state index contributed by atoms with van der Waals surface area (Å²) in [4.78, 5) is 9.09. The van der Waals surface area contributed by atoms with Gasteiger partial charge >= 0.3 is 0 Å². The van der Waals surface area contributed by atoms with Crippen molar-refractivity contribution in [3.63, 3.8) is 0 Å². The highest BCUT2D eigenvalue weighted by atomic mass is 19.1. The van der Waals surface area contributed by atoms with E-state index >= 15 is 0 Å². The second-order valence-corrected chi connectivity index (χ2v) is 6.77. The Kier molecular flexibility index (Phi) is 4.41. The zero-order valence-corrected chi connectivity index (χ0v) is 14.5. The summed E-state index contributed by atoms with van der Waals surface area (Å²) in [5, 5.41) is 7.49. The highest BCUT2D eigenvalue weighted by Gasteiger charge is 2.28. The Balaban J connectivity index is 1.60. The lowest BCUT2D eigenvalue weighted by Crippen LogP contribution is -2.19. The molecule has 134 valence electrons. The number of aromatic nitrogens is 2. The van der Waals surface area contributed by atoms with Gasteiger partial charge in [0.05, 0.1) is 5.52 Å². The largest absolute Gasteiger partial charge is 0.367 e. The average molecular weight is 354 g/mol. The fraction of sp³-hybridized carbons (Fsp3) is 0.300. The van der Waals surface area contributed by atoms with E-state index in [1.54, 1.807) is 0 Å². The molecule has 1 aliphatic carbocycles. The molecule has 2 aromatic carbocycles. The van der Waals surface area contributed by atoms with E-state index < -0.39 is 11.6 Å². The number of hydrogen-bond donors (Lipinski definition) is 2. The minimum Gasteiger partial charge on any atom is -0.367 e. The zero-order valence-electron chi connectivity index (χ0n) is 14.5. The van der Waals surface area contributed by atoms with Crippen molar-refractivity contribution < 1.29 is 8.78 Å². The van der Waals surface area contributed by atoms with Crippen molar-refractivity contribution in [1.29, 1.82) is 0 Å². The number of nitrogens with zero attached hydrogens (tertiary/aromatic N) is 2. The van der Waals surface area contributed by atoms with E-state index in [-0.39, 0.29) is 6.54 Å². The maximum absolute atomic E-state index is 13.8. The summed E-state index contributed by atoms with van der Waals surface area (Å²) in [5.74, 6) is 0.705. The van der Waals surface area contributed by atoms with Crippen LogP contribution in [0.25, 0.3) is 10.9 Å². The number of para-hydroxylation sites is 1. The van der Waals surface area contributed by atoms with E-state index in [2.05, 4.69) is 27.5 Å². The molecule has 2 N–H and O–H groups in total. The van der Waals surface area contributed by atoms with E-state index in [0.717, 1.165) is 22.8 Å². The standard InChI is InChI=1S/C20H20F2N4/c1-12(13-6-7-13)24-19-16-4-2-3-5-18(16)25-20(26-19)23-11-14-8-9-15(21)10-17(14)22/h2-5,8-10,12-13H,6-7,11H2,1H3,(H2,23,24,25,26)/t12-/m1/s1. The van der Waals surface area contributed by atoms with Gasteiger partial charge < -0.3 is 10.6 Å². The van der Waals surface area contributed by atoms with Crippen LogP contribution in [0.3, 0.4) is 0 Å². The molecule has 0 radical (unpaired) electrons. The first kappa shape index (κ1) is 16.7. The quantitative estimate of drug-likeness (QED) is 0.672. The lowest BCUT2D eigenvalue weighted by molar-refractivity contribution is 0.574. The maximum atomic E-state index is 13.8. The van der Waals surface area contributed by atoms with Crippen molar-refractivity contribution in [1.82, 2.24) is 9.97 Å². The molecule has 26 heavy (non-hydrogen) atoms. The van der Waals surface area contributed by atoms with Crippen molar-refractivity contribution in [2.75, 3.05) is 10.6 Å². The molecule has 4 rings (SSSR count). The van der Waals surface area contributed by atoms with Gasteiger partial charge in [-0.15, -0.1) is 0 Å². The molecule has 1 heterocycles. The summed E-state index contributed by atoms with van der Waals surface area (Å²) in [6, 6.07) is 11.7. The van der Waals surface area contributed by atoms with Crippen molar-refractivity contribution >= 4 is 22.7 Å². The van der Waals surface area contributed by atoms with Gasteiger partial charge in [-0.2, -0.15) is 4.98 Å². The van der Waals surface area contributed by atoms with E-state index in [1.807, 2.05) is 24.3 Å². The van der Waals surface area contributed by atoms with Gasteiger partial charge in [0.25, 0.3) is 0 Å². The van der Waals surface area contributed by atoms with Gasteiger partial charge in [0, 0.05) is 29.6 Å². The van der Waals surface area contributed by atoms with Gasteiger partial charge in [-0.3, -0.25) is 0 Å². The summed E-state index contributed by atoms with van der Waals surface area (Å²) in [6.07, 6.45) is 2.48. The van der Waals surface area contributed by atoms with Crippen LogP contribution in [0.4, 0.5) is 20.5 Å². The first-order valence-corrected chi connectivity index (χ1v) is 8.81. The topological polar surface area (TPSA) is 49.8 Å². The van der Waals surface area contributed by atoms with Crippen LogP contribution in [0.2, 0.25) is 0 Å². The normalized spacial score (nSPS) is 15.0. The van der Waals surface area contributed by atoms with Gasteiger partial charge in [0.1, 0.15) is 17.5 Å². The van der Waals surface area contributed by atoms with Crippen LogP contribution in [0, 0.1) is 17.6 Å². The predicted molar refractivity (Wildman–Crippen MR) is 99.0 cm³/mol. The summed E-state index contributed by atoms with van der Waals surface area (Å²) in [7, 11) is 0. The third-order valence-electron chi connectivity index (χ3n) is 4.75. The van der Waals surface area contributed by atoms with Crippen molar-refractivity contribution in [2.45, 2.75) is 32.4 Å². The van der Waals surface area contributed by atoms with E-state index in [4.69, 9.17) is 0 Å². The average Bonchev–Trinajstić information content (AvgIpc) is 3.46. The molecule has 0 amide bonds. The lowest BCUT2D eigenvalue weighted by atomic mass is 10.2. The van der Waals surface area contributed by atoms with Gasteiger partial charge in [-0.1, -0.05) is 18.2 Å². The molecule has 4 nitrogen and oxygen atoms in total. The molecular weight excluding hydrogens is 334 g/mol. The Labute approximate surface area is 150 Å². The molecule has 1 saturated carbocycles. The molecule has 0 saturated heterocycles. The monoisotopic (exact) mass is 354 g/mol. The number of halogens is 2. The number of hydrogen-bond acceptors (Lipinski definition) is 4. The van der Waals surface area contributed by atoms with Crippen molar-refractivity contribution in [2.24, 2.45) is 5.92 Å². The predicted octanol–water partition coefficient (Wildman–Crippen LogP) is 4.73. The van der Waals surface area contributed by atoms with E-state index in [9.17, 15) is 8.78 Å². The smallest absolute Gasteiger partial charge is 0.225 e. The molecule has 1 aliphatic rings. The Morgan fingerprint density at radius 2 is 1.92 bits per heavy atom. The minimum atomic E-state index is -0.589. The summed E-state index contributed by atoms with van der Waals surface area (Å²) in [6.45, 7) is 2.34. The minimum absolute atomic E-state index is 0.183. The second kappa shape index (κ2) is 6.86. The van der Waals surface area contributed by atoms with Crippen LogP contribution in [0.15, 0.2) is 42.5 Å². The Morgan fingerprint density at radius 1 is 1.12 bits per heavy atom. The number of anilines is 2. The lowest BCUT2D eigenvalue weighted by Gasteiger charge is -2.16. The van der Waals surface area contributed by atoms with Crippen LogP contribution < -0.4 is 10.6 Å². The molecule has 0 aliphatic heterocycles. The number of rotatable bonds is 6. The van der Waals surface area contributed by atoms with Crippen molar-refractivity contribution in [3.8, 4) is 0 Å². The van der Waals surface area contributed by atoms with Crippen LogP contribution >= 0.6 is 0 Å². The molecule has 6 heteroatoms. The first-order valence-electron chi connectivity index (χ1n) is 8.81. The Morgan fingerprint density at radius 3 is 2.69 bits per heavy atom. The highest BCUT2D eigenvalue weighted by Crippen LogP contribution is 2.34. The molecule has 1 fully saturated rings. The van der Waals surface area contributed by atoms with Crippen LogP contribution in [-0.4, -0.2) is 16.0 Å². The van der Waals surface area contributed by atoms with Crippen LogP contribution in [-0.2, 0) is 6.54 Å². The van der Waals surface area contributed by atoms with E-state index in [1.165, 1.54) is 25.0 Å². The second-order valence-electron chi connectivity index (χ2n) is 6.77. The number of fused-ring (bicyclic) bond motifs is 1. The third kappa shape index (κ3) is 3.59. The molecular formula is C20H20F2N4. The summed E-state index contributed by atoms with van der Waals surface area (Å²) >= 11 is 0. The fourth-order valence-corrected chi connectivity index (χ4v) is 3.03. The number of benzene rings is 2. The zero-order chi connectivity index (χ0) is 18.1. The maximum Gasteiger partial charge on any atom is 0.225 e. The van der Waals surface area contributed by atoms with Crippen LogP contribution in [0.5, 0.6) is 0 Å². The Hall–Kier alpha value is -2.76. The highest BCUT2D eigenvalue weighted by molar-refractivity contribution is 5.90. The van der Waals surface area contributed by atoms with Gasteiger partial charge in [-0.05, 0) is 43.9 Å². The van der Waals surface area contributed by atoms with Crippen molar-refractivity contribution in [3.05, 3.63) is 59.7 Å². The fourth-order valence-electron chi connectivity index (χ4n) is 3.03.